The van der Waals surface area contributed by atoms with Crippen molar-refractivity contribution in [2.24, 2.45) is 4.36 Å². The Bertz CT molecular complexity index is 618. The lowest BCUT2D eigenvalue weighted by Crippen LogP contribution is -2.16. The van der Waals surface area contributed by atoms with Gasteiger partial charge < -0.3 is 0 Å². The normalized spacial score (nSPS) is 16.4. The minimum Gasteiger partial charge on any atom is -0.252 e. The third-order valence-corrected chi connectivity index (χ3v) is 4.65. The number of benzene rings is 1. The van der Waals surface area contributed by atoms with Gasteiger partial charge in [0.2, 0.25) is 0 Å². The van der Waals surface area contributed by atoms with Crippen LogP contribution in [0.3, 0.4) is 0 Å². The van der Waals surface area contributed by atoms with Crippen molar-refractivity contribution in [3.05, 3.63) is 34.9 Å². The second-order valence-corrected chi connectivity index (χ2v) is 8.19. The summed E-state index contributed by atoms with van der Waals surface area (Å²) in [7, 11) is -2.15. The molecule has 0 N–H and O–H groups in total. The Labute approximate surface area is 132 Å². The van der Waals surface area contributed by atoms with Crippen LogP contribution in [0.15, 0.2) is 22.6 Å². The molecule has 0 aliphatic heterocycles. The van der Waals surface area contributed by atoms with E-state index in [4.69, 9.17) is 0 Å². The Morgan fingerprint density at radius 1 is 0.913 bits per heavy atom. The highest BCUT2D eigenvalue weighted by atomic mass is 32.2. The molecule has 0 saturated carbocycles. The van der Waals surface area contributed by atoms with Crippen molar-refractivity contribution >= 4 is 10.6 Å². The van der Waals surface area contributed by atoms with Gasteiger partial charge in [-0.1, -0.05) is 0 Å². The highest BCUT2D eigenvalue weighted by Crippen LogP contribution is 2.38. The van der Waals surface area contributed by atoms with Crippen molar-refractivity contribution in [2.75, 3.05) is 0 Å². The molecule has 1 rings (SSSR count). The highest BCUT2D eigenvalue weighted by molar-refractivity contribution is 7.76. The first kappa shape index (κ1) is 19.8. The molecule has 1 aromatic rings. The van der Waals surface area contributed by atoms with E-state index in [1.54, 1.807) is 20.8 Å². The second kappa shape index (κ2) is 6.33. The van der Waals surface area contributed by atoms with E-state index in [9.17, 15) is 30.6 Å². The van der Waals surface area contributed by atoms with Gasteiger partial charge >= 0.3 is 12.4 Å². The molecule has 0 bridgehead atoms. The summed E-state index contributed by atoms with van der Waals surface area (Å²) in [6, 6.07) is 0.214. The van der Waals surface area contributed by atoms with Gasteiger partial charge in [-0.2, -0.15) is 26.3 Å². The number of rotatable bonds is 2. The zero-order chi connectivity index (χ0) is 18.2. The molecule has 2 nitrogen and oxygen atoms in total. The van der Waals surface area contributed by atoms with Crippen LogP contribution in [0.2, 0.25) is 0 Å². The van der Waals surface area contributed by atoms with Gasteiger partial charge in [0, 0.05) is 15.3 Å². The van der Waals surface area contributed by atoms with E-state index >= 15 is 0 Å². The minimum absolute atomic E-state index is 0.0555. The molecule has 0 heterocycles. The first-order chi connectivity index (χ1) is 10.1. The van der Waals surface area contributed by atoms with Crippen LogP contribution >= 0.6 is 0 Å². The third kappa shape index (κ3) is 5.40. The summed E-state index contributed by atoms with van der Waals surface area (Å²) in [6.45, 7) is 6.17. The maximum Gasteiger partial charge on any atom is 0.416 e. The fraction of sp³-hybridized carbons (Fsp3) is 0.571. The molecule has 23 heavy (non-hydrogen) atoms. The van der Waals surface area contributed by atoms with Crippen LogP contribution in [0.25, 0.3) is 0 Å². The van der Waals surface area contributed by atoms with Gasteiger partial charge in [-0.3, -0.25) is 4.21 Å². The zero-order valence-electron chi connectivity index (χ0n) is 12.9. The smallest absolute Gasteiger partial charge is 0.252 e. The van der Waals surface area contributed by atoms with E-state index in [1.807, 2.05) is 0 Å². The molecule has 2 atom stereocenters. The fourth-order valence-corrected chi connectivity index (χ4v) is 2.41. The van der Waals surface area contributed by atoms with Gasteiger partial charge in [0.25, 0.3) is 0 Å². The maximum atomic E-state index is 12.8. The van der Waals surface area contributed by atoms with Crippen molar-refractivity contribution in [2.45, 2.75) is 50.8 Å². The Morgan fingerprint density at radius 3 is 1.61 bits per heavy atom. The zero-order valence-corrected chi connectivity index (χ0v) is 13.8. The van der Waals surface area contributed by atoms with Gasteiger partial charge in [-0.15, -0.1) is 0 Å². The van der Waals surface area contributed by atoms with E-state index < -0.39 is 44.9 Å². The Balaban J connectivity index is 3.44. The molecule has 0 aliphatic rings. The molecule has 0 radical (unpaired) electrons. The van der Waals surface area contributed by atoms with Crippen molar-refractivity contribution in [1.82, 2.24) is 0 Å². The van der Waals surface area contributed by atoms with Crippen LogP contribution in [-0.4, -0.2) is 8.96 Å². The molecule has 1 unspecified atom stereocenters. The van der Waals surface area contributed by atoms with Crippen LogP contribution < -0.4 is 0 Å². The number of alkyl halides is 6. The summed E-state index contributed by atoms with van der Waals surface area (Å²) < 4.78 is 91.8. The first-order valence-electron chi connectivity index (χ1n) is 6.60. The number of nitrogens with zero attached hydrogens (tertiary/aromatic N) is 1. The van der Waals surface area contributed by atoms with E-state index in [1.165, 1.54) is 6.92 Å². The number of halogens is 6. The van der Waals surface area contributed by atoms with Crippen LogP contribution in [0, 0.1) is 0 Å². The largest absolute Gasteiger partial charge is 0.416 e. The molecule has 1 aromatic carbocycles. The predicted octanol–water partition coefficient (Wildman–Crippen LogP) is 5.25. The Hall–Kier alpha value is -1.25. The standard InChI is InChI=1S/C14H17F6NOS/c1-8(21-23(22)12(2,3)4)9-5-10(13(15,16)17)7-11(6-9)14(18,19)20/h5-8,23H,1-4H3/t8-/m0/s1. The molecule has 0 aliphatic carbocycles. The molecule has 132 valence electrons. The lowest BCUT2D eigenvalue weighted by Gasteiger charge is -2.17. The summed E-state index contributed by atoms with van der Waals surface area (Å²) in [5.41, 5.74) is -3.09. The Kier molecular flexibility index (Phi) is 5.45. The highest BCUT2D eigenvalue weighted by Gasteiger charge is 2.37. The van der Waals surface area contributed by atoms with Crippen molar-refractivity contribution in [3.63, 3.8) is 0 Å². The fourth-order valence-electron chi connectivity index (χ4n) is 1.62. The molecular weight excluding hydrogens is 344 g/mol. The molecule has 0 spiro atoms. The van der Waals surface area contributed by atoms with Gasteiger partial charge in [0.05, 0.1) is 17.2 Å². The average Bonchev–Trinajstić information content (AvgIpc) is 2.34. The van der Waals surface area contributed by atoms with Crippen LogP contribution in [-0.2, 0) is 22.9 Å². The number of thiol groups is 1. The molecule has 9 heteroatoms. The summed E-state index contributed by atoms with van der Waals surface area (Å²) >= 11 is 0. The minimum atomic E-state index is -4.91. The van der Waals surface area contributed by atoms with Crippen LogP contribution in [0.5, 0.6) is 0 Å². The van der Waals surface area contributed by atoms with E-state index in [0.717, 1.165) is 0 Å². The maximum absolute atomic E-state index is 12.8. The average molecular weight is 361 g/mol. The van der Waals surface area contributed by atoms with E-state index in [2.05, 4.69) is 4.36 Å². The van der Waals surface area contributed by atoms with Crippen molar-refractivity contribution in [3.8, 4) is 0 Å². The summed E-state index contributed by atoms with van der Waals surface area (Å²) in [5.74, 6) is 0. The SMILES string of the molecule is C[C@H](N=[SH](=O)C(C)(C)C)c1cc(C(F)(F)F)cc(C(F)(F)F)c1. The molecule has 0 saturated heterocycles. The summed E-state index contributed by atoms with van der Waals surface area (Å²) in [6.07, 6.45) is -9.83. The van der Waals surface area contributed by atoms with Crippen LogP contribution in [0.4, 0.5) is 26.3 Å². The first-order valence-corrected chi connectivity index (χ1v) is 7.81. The summed E-state index contributed by atoms with van der Waals surface area (Å²) in [4.78, 5) is 0. The van der Waals surface area contributed by atoms with Crippen LogP contribution in [0.1, 0.15) is 50.4 Å². The number of hydrogen-bond donors (Lipinski definition) is 1. The monoisotopic (exact) mass is 361 g/mol. The van der Waals surface area contributed by atoms with Gasteiger partial charge in [-0.25, -0.2) is 4.36 Å². The quantitative estimate of drug-likeness (QED) is 0.566. The summed E-state index contributed by atoms with van der Waals surface area (Å²) in [5, 5.41) is 0. The lowest BCUT2D eigenvalue weighted by molar-refractivity contribution is -0.143. The van der Waals surface area contributed by atoms with Gasteiger partial charge in [-0.05, 0) is 51.5 Å². The van der Waals surface area contributed by atoms with E-state index in [-0.39, 0.29) is 11.6 Å². The van der Waals surface area contributed by atoms with Gasteiger partial charge in [0.15, 0.2) is 0 Å². The Morgan fingerprint density at radius 2 is 1.30 bits per heavy atom. The lowest BCUT2D eigenvalue weighted by atomic mass is 10.0. The van der Waals surface area contributed by atoms with Crippen molar-refractivity contribution in [1.29, 1.82) is 0 Å². The predicted molar refractivity (Wildman–Crippen MR) is 76.6 cm³/mol. The second-order valence-electron chi connectivity index (χ2n) is 6.07. The molecule has 0 amide bonds. The topological polar surface area (TPSA) is 29.4 Å². The third-order valence-electron chi connectivity index (χ3n) is 2.94. The van der Waals surface area contributed by atoms with E-state index in [0.29, 0.717) is 12.1 Å². The molecular formula is C14H17F6NOS. The molecule has 0 aromatic heterocycles. The van der Waals surface area contributed by atoms with Crippen molar-refractivity contribution < 1.29 is 30.6 Å². The number of hydrogen-bond acceptors (Lipinski definition) is 2. The molecule has 0 fully saturated rings. The van der Waals surface area contributed by atoms with Gasteiger partial charge in [0.1, 0.15) is 0 Å².